The summed E-state index contributed by atoms with van der Waals surface area (Å²) in [6.07, 6.45) is 3.48. The SMILES string of the molecule is CC(C)c1cccc(C(C)C)c1N=Cc1cccc(C(C)(C)C)c1[O-].CC(C)c1cccc(C(C)C)c1N=Cc1cccc(C(C)(C)C)c1[O-].[Ni+2].[Ni+2].[OH-].[OH-]. The number of hydrogen-bond donors (Lipinski definition) is 0. The summed E-state index contributed by atoms with van der Waals surface area (Å²) in [4.78, 5) is 9.56. The maximum Gasteiger partial charge on any atom is 2.00 e. The van der Waals surface area contributed by atoms with Crippen LogP contribution in [-0.2, 0) is 43.8 Å². The Morgan fingerprint density at radius 2 is 0.685 bits per heavy atom. The van der Waals surface area contributed by atoms with E-state index >= 15 is 0 Å². The summed E-state index contributed by atoms with van der Waals surface area (Å²) in [5, 5.41) is 25.6. The number of nitrogens with zero attached hydrogens (tertiary/aromatic N) is 2. The van der Waals surface area contributed by atoms with E-state index in [-0.39, 0.29) is 66.3 Å². The standard InChI is InChI=1S/2C23H31NO.2Ni.2H2O/c2*1-15(2)18-11-9-12-19(16(3)4)21(18)24-14-17-10-8-13-20(22(17)25)23(5,6)7;;;;/h2*8-16,25H,1-7H3;;;2*1H2/q;;2*+2;;/p-4. The Morgan fingerprint density at radius 3 is 0.907 bits per heavy atom. The number of rotatable bonds is 8. The molecule has 54 heavy (non-hydrogen) atoms. The van der Waals surface area contributed by atoms with Gasteiger partial charge in [-0.15, -0.1) is 0 Å². The van der Waals surface area contributed by atoms with E-state index in [9.17, 15) is 10.2 Å². The van der Waals surface area contributed by atoms with Gasteiger partial charge in [0.25, 0.3) is 0 Å². The largest absolute Gasteiger partial charge is 2.00 e. The number of hydrogen-bond acceptors (Lipinski definition) is 6. The van der Waals surface area contributed by atoms with Gasteiger partial charge in [0.2, 0.25) is 0 Å². The minimum atomic E-state index is -0.167. The zero-order chi connectivity index (χ0) is 37.6. The van der Waals surface area contributed by atoms with Crippen LogP contribution in [0.15, 0.2) is 82.8 Å². The predicted octanol–water partition coefficient (Wildman–Crippen LogP) is 11.8. The summed E-state index contributed by atoms with van der Waals surface area (Å²) in [6, 6.07) is 24.2. The summed E-state index contributed by atoms with van der Waals surface area (Å²) < 4.78 is 0. The first-order valence-corrected chi connectivity index (χ1v) is 18.2. The minimum Gasteiger partial charge on any atom is -0.872 e. The minimum absolute atomic E-state index is 0. The second-order valence-electron chi connectivity index (χ2n) is 16.7. The van der Waals surface area contributed by atoms with E-state index in [1.165, 1.54) is 22.3 Å². The molecular formula is C46H62N2Ni2O4. The quantitative estimate of drug-likeness (QED) is 0.129. The maximum atomic E-state index is 12.8. The zero-order valence-corrected chi connectivity index (χ0v) is 36.6. The number of benzene rings is 4. The van der Waals surface area contributed by atoms with Gasteiger partial charge in [-0.3, -0.25) is 9.98 Å². The Hall–Kier alpha value is -3.27. The molecule has 0 saturated carbocycles. The van der Waals surface area contributed by atoms with Gasteiger partial charge in [-0.1, -0.05) is 181 Å². The molecule has 0 atom stereocenters. The van der Waals surface area contributed by atoms with Crippen LogP contribution < -0.4 is 10.2 Å². The van der Waals surface area contributed by atoms with Crippen LogP contribution in [0.2, 0.25) is 0 Å². The average molecular weight is 824 g/mol. The molecule has 0 radical (unpaired) electrons. The summed E-state index contributed by atoms with van der Waals surface area (Å²) in [5.41, 5.74) is 9.55. The molecular weight excluding hydrogens is 762 g/mol. The molecule has 0 unspecified atom stereocenters. The summed E-state index contributed by atoms with van der Waals surface area (Å²) in [6.45, 7) is 29.8. The molecule has 0 aliphatic rings. The molecule has 0 aromatic heterocycles. The maximum absolute atomic E-state index is 12.8. The van der Waals surface area contributed by atoms with Crippen molar-refractivity contribution in [1.29, 1.82) is 0 Å². The molecule has 8 heteroatoms. The van der Waals surface area contributed by atoms with Gasteiger partial charge >= 0.3 is 33.0 Å². The molecule has 6 nitrogen and oxygen atoms in total. The van der Waals surface area contributed by atoms with Gasteiger partial charge in [0.1, 0.15) is 0 Å². The van der Waals surface area contributed by atoms with Crippen molar-refractivity contribution in [2.45, 2.75) is 131 Å². The van der Waals surface area contributed by atoms with E-state index in [1.54, 1.807) is 12.4 Å². The van der Waals surface area contributed by atoms with Crippen molar-refractivity contribution in [3.05, 3.63) is 117 Å². The molecule has 4 aromatic carbocycles. The third-order valence-electron chi connectivity index (χ3n) is 9.06. The molecule has 0 amide bonds. The van der Waals surface area contributed by atoms with E-state index in [1.807, 2.05) is 36.4 Å². The first kappa shape index (κ1) is 52.8. The normalized spacial score (nSPS) is 11.6. The van der Waals surface area contributed by atoms with Crippen molar-refractivity contribution < 1.29 is 54.1 Å². The third kappa shape index (κ3) is 13.5. The molecule has 0 heterocycles. The van der Waals surface area contributed by atoms with Crippen molar-refractivity contribution in [2.75, 3.05) is 0 Å². The summed E-state index contributed by atoms with van der Waals surface area (Å²) in [5.74, 6) is 1.70. The third-order valence-corrected chi connectivity index (χ3v) is 9.06. The molecule has 0 spiro atoms. The molecule has 4 aromatic rings. The van der Waals surface area contributed by atoms with Gasteiger partial charge in [0, 0.05) is 12.4 Å². The molecule has 2 N–H and O–H groups in total. The smallest absolute Gasteiger partial charge is 0.872 e. The predicted molar refractivity (Wildman–Crippen MR) is 217 cm³/mol. The van der Waals surface area contributed by atoms with Crippen molar-refractivity contribution >= 4 is 23.8 Å². The fraction of sp³-hybridized carbons (Fsp3) is 0.435. The van der Waals surface area contributed by atoms with Gasteiger partial charge in [0.15, 0.2) is 0 Å². The Bertz CT molecular complexity index is 1630. The van der Waals surface area contributed by atoms with Crippen LogP contribution in [0, 0.1) is 0 Å². The van der Waals surface area contributed by atoms with Crippen LogP contribution in [0.4, 0.5) is 11.4 Å². The second kappa shape index (κ2) is 22.3. The van der Waals surface area contributed by atoms with Crippen molar-refractivity contribution in [1.82, 2.24) is 0 Å². The van der Waals surface area contributed by atoms with Crippen LogP contribution in [0.1, 0.15) is 165 Å². The molecule has 0 fully saturated rings. The number of aliphatic imine (C=N–C) groups is 2. The summed E-state index contributed by atoms with van der Waals surface area (Å²) >= 11 is 0. The van der Waals surface area contributed by atoms with E-state index in [4.69, 9.17) is 9.98 Å². The Kier molecular flexibility index (Phi) is 21.8. The number of para-hydroxylation sites is 4. The first-order valence-electron chi connectivity index (χ1n) is 18.2. The van der Waals surface area contributed by atoms with E-state index in [2.05, 4.69) is 133 Å². The van der Waals surface area contributed by atoms with Crippen LogP contribution in [0.5, 0.6) is 11.5 Å². The van der Waals surface area contributed by atoms with E-state index < -0.39 is 0 Å². The van der Waals surface area contributed by atoms with Gasteiger partial charge in [-0.05, 0) is 79.0 Å². The van der Waals surface area contributed by atoms with Crippen LogP contribution in [-0.4, -0.2) is 23.4 Å². The fourth-order valence-corrected chi connectivity index (χ4v) is 6.08. The topological polar surface area (TPSA) is 131 Å². The van der Waals surface area contributed by atoms with Crippen molar-refractivity contribution in [3.8, 4) is 11.5 Å². The zero-order valence-electron chi connectivity index (χ0n) is 34.6. The molecule has 0 aliphatic carbocycles. The van der Waals surface area contributed by atoms with Crippen LogP contribution in [0.25, 0.3) is 0 Å². The molecule has 300 valence electrons. The Balaban J connectivity index is 0. The van der Waals surface area contributed by atoms with Crippen LogP contribution >= 0.6 is 0 Å². The molecule has 4 rings (SSSR count). The van der Waals surface area contributed by atoms with E-state index in [0.29, 0.717) is 34.8 Å². The average Bonchev–Trinajstić information content (AvgIpc) is 3.02. The van der Waals surface area contributed by atoms with Gasteiger partial charge in [-0.25, -0.2) is 0 Å². The molecule has 0 aliphatic heterocycles. The van der Waals surface area contributed by atoms with Gasteiger partial charge in [-0.2, -0.15) is 0 Å². The Labute approximate surface area is 346 Å². The first-order chi connectivity index (χ1) is 23.2. The van der Waals surface area contributed by atoms with Gasteiger partial charge < -0.3 is 21.2 Å². The fourth-order valence-electron chi connectivity index (χ4n) is 6.08. The second-order valence-corrected chi connectivity index (χ2v) is 16.7. The van der Waals surface area contributed by atoms with Crippen molar-refractivity contribution in [2.24, 2.45) is 9.98 Å². The van der Waals surface area contributed by atoms with Crippen LogP contribution in [0.3, 0.4) is 0 Å². The molecule has 0 saturated heterocycles. The summed E-state index contributed by atoms with van der Waals surface area (Å²) in [7, 11) is 0. The molecule has 0 bridgehead atoms. The monoisotopic (exact) mass is 822 g/mol. The van der Waals surface area contributed by atoms with Gasteiger partial charge in [0.05, 0.1) is 11.4 Å². The van der Waals surface area contributed by atoms with E-state index in [0.717, 1.165) is 22.5 Å². The van der Waals surface area contributed by atoms with Crippen molar-refractivity contribution in [3.63, 3.8) is 0 Å². The Morgan fingerprint density at radius 1 is 0.444 bits per heavy atom.